The summed E-state index contributed by atoms with van der Waals surface area (Å²) in [6.45, 7) is 7.52. The fourth-order valence-corrected chi connectivity index (χ4v) is 5.35. The van der Waals surface area contributed by atoms with Gasteiger partial charge in [-0.3, -0.25) is 9.97 Å². The number of hydrogen-bond acceptors (Lipinski definition) is 3. The summed E-state index contributed by atoms with van der Waals surface area (Å²) in [5.41, 5.74) is 1.64. The van der Waals surface area contributed by atoms with E-state index in [0.29, 0.717) is 34.7 Å². The molecule has 2 heterocycles. The first-order valence-corrected chi connectivity index (χ1v) is 12.7. The van der Waals surface area contributed by atoms with Crippen LogP contribution in [0.5, 0.6) is 5.75 Å². The van der Waals surface area contributed by atoms with Gasteiger partial charge in [-0.25, -0.2) is 0 Å². The quantitative estimate of drug-likeness (QED) is 0.262. The highest BCUT2D eigenvalue weighted by atomic mass is 19.4. The Labute approximate surface area is 218 Å². The minimum absolute atomic E-state index is 0.000328. The predicted octanol–water partition coefficient (Wildman–Crippen LogP) is 8.75. The fourth-order valence-electron chi connectivity index (χ4n) is 5.35. The smallest absolute Gasteiger partial charge is 0.433 e. The number of rotatable bonds is 7. The molecule has 0 saturated heterocycles. The van der Waals surface area contributed by atoms with Crippen molar-refractivity contribution >= 4 is 5.57 Å². The molecule has 2 aliphatic carbocycles. The van der Waals surface area contributed by atoms with E-state index in [1.807, 2.05) is 13.0 Å². The van der Waals surface area contributed by atoms with Gasteiger partial charge >= 0.3 is 12.4 Å². The molecule has 9 heteroatoms. The number of fused-ring (bicyclic) bond motifs is 1. The van der Waals surface area contributed by atoms with E-state index in [4.69, 9.17) is 4.74 Å². The second kappa shape index (κ2) is 10.9. The van der Waals surface area contributed by atoms with Gasteiger partial charge in [0.15, 0.2) is 5.69 Å². The van der Waals surface area contributed by atoms with Crippen molar-refractivity contribution in [1.29, 1.82) is 0 Å². The second-order valence-electron chi connectivity index (χ2n) is 9.87. The first kappa shape index (κ1) is 27.9. The number of ether oxygens (including phenoxy) is 1. The Hall–Kier alpha value is -3.10. The molecular formula is C29H30F6N2O. The number of halogens is 6. The first-order valence-electron chi connectivity index (χ1n) is 12.7. The number of nitrogens with zero attached hydrogens (tertiary/aromatic N) is 2. The standard InChI is InChI=1S/C29H30F6N2O/c1-4-6-18(5-2)14-19-15-24(26-23(19)11-12-36-27(26)29(33,34)35)25-16-22(13-17(3)37-25)38-21-9-7-20(8-10-21)28(30,31)32/h5-6,11-13,15-16,19-21H,2,4,7-10,14H2,1,3H3/b18-6+. The molecule has 204 valence electrons. The van der Waals surface area contributed by atoms with Crippen molar-refractivity contribution in [3.05, 3.63) is 83.0 Å². The van der Waals surface area contributed by atoms with E-state index in [1.165, 1.54) is 6.20 Å². The number of aryl methyl sites for hydroxylation is 1. The van der Waals surface area contributed by atoms with E-state index in [9.17, 15) is 26.3 Å². The molecule has 0 spiro atoms. The molecule has 0 bridgehead atoms. The molecule has 2 aromatic rings. The maximum Gasteiger partial charge on any atom is 0.433 e. The van der Waals surface area contributed by atoms with Crippen LogP contribution in [0.25, 0.3) is 5.57 Å². The monoisotopic (exact) mass is 536 g/mol. The molecule has 3 nitrogen and oxygen atoms in total. The third kappa shape index (κ3) is 6.13. The van der Waals surface area contributed by atoms with Gasteiger partial charge in [-0.2, -0.15) is 26.3 Å². The van der Waals surface area contributed by atoms with Gasteiger partial charge in [0.05, 0.1) is 17.7 Å². The number of hydrogen-bond donors (Lipinski definition) is 0. The molecule has 1 atom stereocenters. The topological polar surface area (TPSA) is 35.0 Å². The lowest BCUT2D eigenvalue weighted by Gasteiger charge is -2.30. The van der Waals surface area contributed by atoms with Crippen LogP contribution in [0.1, 0.15) is 79.6 Å². The third-order valence-corrected chi connectivity index (χ3v) is 7.12. The Kier molecular flexibility index (Phi) is 8.04. The Morgan fingerprint density at radius 1 is 1.11 bits per heavy atom. The SMILES string of the molecule is C=C/C(=C\CC)CC1C=C(c2cc(OC3CCC(C(F)(F)F)CC3)cc(C)n2)c2c1ccnc2C(F)(F)F. The van der Waals surface area contributed by atoms with E-state index < -0.39 is 30.1 Å². The lowest BCUT2D eigenvalue weighted by atomic mass is 9.87. The van der Waals surface area contributed by atoms with E-state index in [-0.39, 0.29) is 37.2 Å². The number of alkyl halides is 6. The summed E-state index contributed by atoms with van der Waals surface area (Å²) in [6, 6.07) is 4.84. The van der Waals surface area contributed by atoms with Crippen LogP contribution in [0.3, 0.4) is 0 Å². The fraction of sp³-hybridized carbons (Fsp3) is 0.448. The van der Waals surface area contributed by atoms with Crippen molar-refractivity contribution in [3.8, 4) is 5.75 Å². The average molecular weight is 537 g/mol. The zero-order valence-electron chi connectivity index (χ0n) is 21.3. The van der Waals surface area contributed by atoms with Crippen LogP contribution in [0, 0.1) is 12.8 Å². The van der Waals surface area contributed by atoms with Gasteiger partial charge in [0.2, 0.25) is 0 Å². The van der Waals surface area contributed by atoms with E-state index >= 15 is 0 Å². The van der Waals surface area contributed by atoms with Gasteiger partial charge in [-0.1, -0.05) is 37.3 Å². The summed E-state index contributed by atoms with van der Waals surface area (Å²) >= 11 is 0. The van der Waals surface area contributed by atoms with Crippen LogP contribution in [-0.4, -0.2) is 22.2 Å². The van der Waals surface area contributed by atoms with Gasteiger partial charge in [0, 0.05) is 41.1 Å². The van der Waals surface area contributed by atoms with Crippen molar-refractivity contribution < 1.29 is 31.1 Å². The molecule has 0 N–H and O–H groups in total. The number of allylic oxidation sites excluding steroid dienone is 4. The van der Waals surface area contributed by atoms with Gasteiger partial charge in [-0.05, 0) is 57.1 Å². The molecule has 0 aromatic carbocycles. The number of aromatic nitrogens is 2. The molecule has 1 fully saturated rings. The van der Waals surface area contributed by atoms with Crippen LogP contribution < -0.4 is 4.74 Å². The summed E-state index contributed by atoms with van der Waals surface area (Å²) in [4.78, 5) is 8.20. The van der Waals surface area contributed by atoms with Crippen molar-refractivity contribution in [1.82, 2.24) is 9.97 Å². The van der Waals surface area contributed by atoms with Crippen LogP contribution in [0.4, 0.5) is 26.3 Å². The molecule has 0 radical (unpaired) electrons. The zero-order chi connectivity index (χ0) is 27.7. The Balaban J connectivity index is 1.69. The maximum absolute atomic E-state index is 14.0. The first-order chi connectivity index (χ1) is 17.9. The Morgan fingerprint density at radius 2 is 1.82 bits per heavy atom. The summed E-state index contributed by atoms with van der Waals surface area (Å²) in [7, 11) is 0. The second-order valence-corrected chi connectivity index (χ2v) is 9.87. The molecule has 2 aliphatic rings. The summed E-state index contributed by atoms with van der Waals surface area (Å²) < 4.78 is 87.3. The minimum atomic E-state index is -4.67. The molecular weight excluding hydrogens is 506 g/mol. The normalized spacial score (nSPS) is 22.2. The zero-order valence-corrected chi connectivity index (χ0v) is 21.3. The Bertz CT molecular complexity index is 1240. The molecule has 4 rings (SSSR count). The van der Waals surface area contributed by atoms with Crippen molar-refractivity contribution in [3.63, 3.8) is 0 Å². The summed E-state index contributed by atoms with van der Waals surface area (Å²) in [6.07, 6.45) is -0.873. The average Bonchev–Trinajstić information content (AvgIpc) is 3.21. The summed E-state index contributed by atoms with van der Waals surface area (Å²) in [5, 5.41) is 0. The van der Waals surface area contributed by atoms with Crippen LogP contribution in [0.15, 0.2) is 54.8 Å². The van der Waals surface area contributed by atoms with Crippen molar-refractivity contribution in [2.45, 2.75) is 76.7 Å². The van der Waals surface area contributed by atoms with Gasteiger partial charge in [-0.15, -0.1) is 0 Å². The predicted molar refractivity (Wildman–Crippen MR) is 134 cm³/mol. The van der Waals surface area contributed by atoms with Crippen LogP contribution >= 0.6 is 0 Å². The maximum atomic E-state index is 14.0. The lowest BCUT2D eigenvalue weighted by molar-refractivity contribution is -0.185. The van der Waals surface area contributed by atoms with Crippen LogP contribution in [-0.2, 0) is 6.18 Å². The number of pyridine rings is 2. The van der Waals surface area contributed by atoms with E-state index in [1.54, 1.807) is 37.3 Å². The Morgan fingerprint density at radius 3 is 2.42 bits per heavy atom. The molecule has 1 unspecified atom stereocenters. The van der Waals surface area contributed by atoms with Crippen molar-refractivity contribution in [2.75, 3.05) is 0 Å². The largest absolute Gasteiger partial charge is 0.490 e. The molecule has 0 aliphatic heterocycles. The molecule has 38 heavy (non-hydrogen) atoms. The molecule has 2 aromatic heterocycles. The van der Waals surface area contributed by atoms with Crippen LogP contribution in [0.2, 0.25) is 0 Å². The highest BCUT2D eigenvalue weighted by Gasteiger charge is 2.42. The lowest BCUT2D eigenvalue weighted by Crippen LogP contribution is -2.31. The molecule has 1 saturated carbocycles. The summed E-state index contributed by atoms with van der Waals surface area (Å²) in [5.74, 6) is -1.28. The highest BCUT2D eigenvalue weighted by molar-refractivity contribution is 5.86. The van der Waals surface area contributed by atoms with E-state index in [0.717, 1.165) is 12.0 Å². The van der Waals surface area contributed by atoms with Gasteiger partial charge in [0.1, 0.15) is 5.75 Å². The highest BCUT2D eigenvalue weighted by Crippen LogP contribution is 2.47. The van der Waals surface area contributed by atoms with E-state index in [2.05, 4.69) is 16.5 Å². The molecule has 0 amide bonds. The third-order valence-electron chi connectivity index (χ3n) is 7.12. The van der Waals surface area contributed by atoms with Crippen molar-refractivity contribution in [2.24, 2.45) is 5.92 Å². The van der Waals surface area contributed by atoms with Gasteiger partial charge < -0.3 is 4.74 Å². The minimum Gasteiger partial charge on any atom is -0.490 e. The van der Waals surface area contributed by atoms with Gasteiger partial charge in [0.25, 0.3) is 0 Å².